The number of nitrogens with one attached hydrogen (secondary N) is 1. The summed E-state index contributed by atoms with van der Waals surface area (Å²) >= 11 is 5.11. The molecule has 1 aromatic carbocycles. The van der Waals surface area contributed by atoms with Crippen LogP contribution in [0.3, 0.4) is 0 Å². The van der Waals surface area contributed by atoms with Gasteiger partial charge in [-0.3, -0.25) is 4.79 Å². The number of hydrogen-bond acceptors (Lipinski definition) is 4. The molecule has 2 aromatic rings. The molecule has 1 atom stereocenters. The molecular weight excluding hydrogens is 390 g/mol. The molecule has 0 radical (unpaired) electrons. The number of hydrogen-bond donors (Lipinski definition) is 1. The Morgan fingerprint density at radius 1 is 1.25 bits per heavy atom. The summed E-state index contributed by atoms with van der Waals surface area (Å²) in [6, 6.07) is 5.70. The summed E-state index contributed by atoms with van der Waals surface area (Å²) in [5.74, 6) is 2.00. The Hall–Kier alpha value is -1.53. The molecule has 1 aliphatic carbocycles. The number of thiophene rings is 1. The van der Waals surface area contributed by atoms with Gasteiger partial charge < -0.3 is 14.8 Å². The maximum absolute atomic E-state index is 12.6. The van der Waals surface area contributed by atoms with Crippen LogP contribution < -0.4 is 14.8 Å². The van der Waals surface area contributed by atoms with Gasteiger partial charge in [-0.15, -0.1) is 11.3 Å². The van der Waals surface area contributed by atoms with Gasteiger partial charge in [-0.2, -0.15) is 0 Å². The minimum atomic E-state index is -0.0700. The number of amides is 1. The van der Waals surface area contributed by atoms with Gasteiger partial charge in [0.2, 0.25) is 0 Å². The molecular formula is C18H18BrNO3S. The van der Waals surface area contributed by atoms with E-state index in [2.05, 4.69) is 34.2 Å². The number of carbonyl (C=O) groups excluding carboxylic acids is 1. The first-order valence-electron chi connectivity index (χ1n) is 8.12. The molecule has 0 saturated heterocycles. The summed E-state index contributed by atoms with van der Waals surface area (Å²) < 4.78 is 11.9. The lowest BCUT2D eigenvalue weighted by Gasteiger charge is -2.20. The number of aryl methyl sites for hydroxylation is 1. The lowest BCUT2D eigenvalue weighted by atomic mass is 9.90. The van der Waals surface area contributed by atoms with E-state index in [1.54, 1.807) is 11.3 Å². The minimum Gasteiger partial charge on any atom is -0.486 e. The highest BCUT2D eigenvalue weighted by molar-refractivity contribution is 9.10. The molecule has 2 aliphatic rings. The van der Waals surface area contributed by atoms with E-state index in [9.17, 15) is 4.79 Å². The molecule has 1 aromatic heterocycles. The molecule has 2 heterocycles. The average Bonchev–Trinajstić information content (AvgIpc) is 2.98. The van der Waals surface area contributed by atoms with Crippen LogP contribution in [0.2, 0.25) is 0 Å². The van der Waals surface area contributed by atoms with Crippen LogP contribution in [0.15, 0.2) is 22.7 Å². The van der Waals surface area contributed by atoms with Gasteiger partial charge in [0.15, 0.2) is 11.5 Å². The van der Waals surface area contributed by atoms with Crippen LogP contribution in [0, 0.1) is 5.92 Å². The number of carbonyl (C=O) groups is 1. The van der Waals surface area contributed by atoms with E-state index in [4.69, 9.17) is 9.47 Å². The predicted molar refractivity (Wildman–Crippen MR) is 98.6 cm³/mol. The standard InChI is InChI=1S/C18H18BrNO3S/c1-10-2-3-16-11(6-10)7-17(24-16)18(21)20-13-9-15-14(8-12(13)19)22-4-5-23-15/h7-10H,2-6H2,1H3,(H,20,21). The van der Waals surface area contributed by atoms with Crippen molar-refractivity contribution in [2.24, 2.45) is 5.92 Å². The quantitative estimate of drug-likeness (QED) is 0.787. The molecule has 6 heteroatoms. The van der Waals surface area contributed by atoms with Crippen LogP contribution in [-0.4, -0.2) is 19.1 Å². The summed E-state index contributed by atoms with van der Waals surface area (Å²) in [5.41, 5.74) is 2.04. The molecule has 24 heavy (non-hydrogen) atoms. The molecule has 1 unspecified atom stereocenters. The van der Waals surface area contributed by atoms with Crippen molar-refractivity contribution < 1.29 is 14.3 Å². The fraction of sp³-hybridized carbons (Fsp3) is 0.389. The number of anilines is 1. The highest BCUT2D eigenvalue weighted by Crippen LogP contribution is 2.39. The highest BCUT2D eigenvalue weighted by Gasteiger charge is 2.22. The molecule has 0 bridgehead atoms. The Kier molecular flexibility index (Phi) is 4.26. The molecule has 4 rings (SSSR count). The number of benzene rings is 1. The van der Waals surface area contributed by atoms with Crippen LogP contribution in [-0.2, 0) is 12.8 Å². The van der Waals surface area contributed by atoms with Crippen molar-refractivity contribution in [1.82, 2.24) is 0 Å². The second-order valence-corrected chi connectivity index (χ2v) is 8.33. The average molecular weight is 408 g/mol. The summed E-state index contributed by atoms with van der Waals surface area (Å²) in [6.45, 7) is 3.34. The van der Waals surface area contributed by atoms with Crippen molar-refractivity contribution in [2.75, 3.05) is 18.5 Å². The molecule has 4 nitrogen and oxygen atoms in total. The first-order valence-corrected chi connectivity index (χ1v) is 9.73. The lowest BCUT2D eigenvalue weighted by molar-refractivity contribution is 0.103. The van der Waals surface area contributed by atoms with Crippen LogP contribution in [0.5, 0.6) is 11.5 Å². The van der Waals surface area contributed by atoms with Crippen molar-refractivity contribution in [3.05, 3.63) is 38.0 Å². The van der Waals surface area contributed by atoms with Crippen LogP contribution in [0.25, 0.3) is 0 Å². The highest BCUT2D eigenvalue weighted by atomic mass is 79.9. The fourth-order valence-electron chi connectivity index (χ4n) is 3.16. The molecule has 1 N–H and O–H groups in total. The summed E-state index contributed by atoms with van der Waals surface area (Å²) in [6.07, 6.45) is 3.37. The number of rotatable bonds is 2. The Balaban J connectivity index is 1.56. The summed E-state index contributed by atoms with van der Waals surface area (Å²) in [7, 11) is 0. The normalized spacial score (nSPS) is 18.8. The molecule has 1 aliphatic heterocycles. The van der Waals surface area contributed by atoms with Gasteiger partial charge in [0, 0.05) is 21.5 Å². The lowest BCUT2D eigenvalue weighted by Crippen LogP contribution is -2.16. The Morgan fingerprint density at radius 2 is 2.00 bits per heavy atom. The second kappa shape index (κ2) is 6.41. The minimum absolute atomic E-state index is 0.0700. The van der Waals surface area contributed by atoms with Crippen molar-refractivity contribution in [1.29, 1.82) is 0 Å². The van der Waals surface area contributed by atoms with Gasteiger partial charge >= 0.3 is 0 Å². The maximum atomic E-state index is 12.6. The first kappa shape index (κ1) is 16.0. The van der Waals surface area contributed by atoms with Gasteiger partial charge in [-0.05, 0) is 52.7 Å². The largest absolute Gasteiger partial charge is 0.486 e. The van der Waals surface area contributed by atoms with Gasteiger partial charge in [-0.1, -0.05) is 6.92 Å². The van der Waals surface area contributed by atoms with Crippen molar-refractivity contribution in [3.8, 4) is 11.5 Å². The van der Waals surface area contributed by atoms with Gasteiger partial charge in [0.05, 0.1) is 10.6 Å². The van der Waals surface area contributed by atoms with E-state index in [1.807, 2.05) is 12.1 Å². The van der Waals surface area contributed by atoms with Crippen LogP contribution in [0.1, 0.15) is 33.5 Å². The smallest absolute Gasteiger partial charge is 0.265 e. The molecule has 1 amide bonds. The van der Waals surface area contributed by atoms with Crippen molar-refractivity contribution in [2.45, 2.75) is 26.2 Å². The van der Waals surface area contributed by atoms with E-state index < -0.39 is 0 Å². The van der Waals surface area contributed by atoms with Gasteiger partial charge in [0.1, 0.15) is 13.2 Å². The van der Waals surface area contributed by atoms with E-state index in [0.29, 0.717) is 36.3 Å². The van der Waals surface area contributed by atoms with E-state index >= 15 is 0 Å². The molecule has 0 spiro atoms. The van der Waals surface area contributed by atoms with Crippen molar-refractivity contribution >= 4 is 38.9 Å². The Labute approximate surface area is 153 Å². The SMILES string of the molecule is CC1CCc2sc(C(=O)Nc3cc4c(cc3Br)OCCO4)cc2C1. The third kappa shape index (κ3) is 3.05. The number of fused-ring (bicyclic) bond motifs is 2. The Bertz CT molecular complexity index is 802. The second-order valence-electron chi connectivity index (χ2n) is 6.34. The van der Waals surface area contributed by atoms with Gasteiger partial charge in [0.25, 0.3) is 5.91 Å². The summed E-state index contributed by atoms with van der Waals surface area (Å²) in [5, 5.41) is 2.99. The van der Waals surface area contributed by atoms with E-state index in [0.717, 1.165) is 22.2 Å². The van der Waals surface area contributed by atoms with Crippen molar-refractivity contribution in [3.63, 3.8) is 0 Å². The van der Waals surface area contributed by atoms with E-state index in [-0.39, 0.29) is 5.91 Å². The number of halogens is 1. The zero-order valence-electron chi connectivity index (χ0n) is 13.4. The molecule has 126 valence electrons. The third-order valence-corrected chi connectivity index (χ3v) is 6.33. The summed E-state index contributed by atoms with van der Waals surface area (Å²) in [4.78, 5) is 14.8. The number of ether oxygens (including phenoxy) is 2. The zero-order valence-corrected chi connectivity index (χ0v) is 15.8. The Morgan fingerprint density at radius 3 is 2.79 bits per heavy atom. The first-order chi connectivity index (χ1) is 11.6. The van der Waals surface area contributed by atoms with Gasteiger partial charge in [-0.25, -0.2) is 0 Å². The van der Waals surface area contributed by atoms with Crippen LogP contribution >= 0.6 is 27.3 Å². The zero-order chi connectivity index (χ0) is 16.7. The maximum Gasteiger partial charge on any atom is 0.265 e. The monoisotopic (exact) mass is 407 g/mol. The van der Waals surface area contributed by atoms with Crippen LogP contribution in [0.4, 0.5) is 5.69 Å². The van der Waals surface area contributed by atoms with E-state index in [1.165, 1.54) is 16.9 Å². The topological polar surface area (TPSA) is 47.6 Å². The fourth-order valence-corrected chi connectivity index (χ4v) is 4.69. The molecule has 0 fully saturated rings. The predicted octanol–water partition coefficient (Wildman–Crippen LogP) is 4.66. The third-order valence-electron chi connectivity index (χ3n) is 4.43. The molecule has 0 saturated carbocycles.